The fourth-order valence-corrected chi connectivity index (χ4v) is 4.40. The molecule has 1 fully saturated rings. The maximum absolute atomic E-state index is 12.5. The topological polar surface area (TPSA) is 75.3 Å². The Labute approximate surface area is 170 Å². The molecule has 1 saturated heterocycles. The Balaban J connectivity index is 0.00000261. The summed E-state index contributed by atoms with van der Waals surface area (Å²) in [7, 11) is -3.20. The van der Waals surface area contributed by atoms with Crippen molar-refractivity contribution in [3.05, 3.63) is 54.1 Å². The van der Waals surface area contributed by atoms with Crippen molar-refractivity contribution in [3.63, 3.8) is 0 Å². The van der Waals surface area contributed by atoms with Gasteiger partial charge in [-0.2, -0.15) is 0 Å². The van der Waals surface area contributed by atoms with Crippen LogP contribution in [0.4, 0.5) is 0 Å². The number of rotatable bonds is 7. The lowest BCUT2D eigenvalue weighted by Gasteiger charge is -2.27. The summed E-state index contributed by atoms with van der Waals surface area (Å²) < 4.78 is 23.8. The van der Waals surface area contributed by atoms with E-state index in [9.17, 15) is 13.2 Å². The first-order valence-corrected chi connectivity index (χ1v) is 11.0. The maximum Gasteiger partial charge on any atom is 0.252 e. The molecule has 1 heterocycles. The van der Waals surface area contributed by atoms with Crippen LogP contribution in [0, 0.1) is 5.92 Å². The van der Waals surface area contributed by atoms with Crippen LogP contribution in [0.1, 0.15) is 17.3 Å². The summed E-state index contributed by atoms with van der Waals surface area (Å²) in [6.07, 6.45) is 0. The highest BCUT2D eigenvalue weighted by atomic mass is 35.5. The zero-order valence-corrected chi connectivity index (χ0v) is 17.4. The van der Waals surface area contributed by atoms with E-state index in [-0.39, 0.29) is 24.1 Å². The second-order valence-electron chi connectivity index (χ2n) is 6.21. The van der Waals surface area contributed by atoms with E-state index >= 15 is 0 Å². The molecular weight excluding hydrogens is 404 g/mol. The number of benzene rings is 2. The zero-order chi connectivity index (χ0) is 18.6. The molecule has 0 bridgehead atoms. The van der Waals surface area contributed by atoms with Crippen molar-refractivity contribution in [1.82, 2.24) is 10.6 Å². The third-order valence-electron chi connectivity index (χ3n) is 4.34. The molecule has 8 heteroatoms. The zero-order valence-electron chi connectivity index (χ0n) is 15.0. The molecule has 0 atom stereocenters. The molecule has 146 valence electrons. The van der Waals surface area contributed by atoms with Gasteiger partial charge in [0.25, 0.3) is 5.91 Å². The van der Waals surface area contributed by atoms with Crippen molar-refractivity contribution in [2.45, 2.75) is 21.6 Å². The number of carbonyl (C=O) groups is 1. The molecule has 3 rings (SSSR count). The summed E-state index contributed by atoms with van der Waals surface area (Å²) in [4.78, 5) is 14.6. The number of nitrogens with one attached hydrogen (secondary N) is 2. The molecular formula is C19H23ClN2O3S2. The van der Waals surface area contributed by atoms with Gasteiger partial charge in [-0.05, 0) is 36.4 Å². The van der Waals surface area contributed by atoms with E-state index in [0.29, 0.717) is 22.9 Å². The van der Waals surface area contributed by atoms with Gasteiger partial charge in [-0.1, -0.05) is 30.8 Å². The first kappa shape index (κ1) is 21.8. The Morgan fingerprint density at radius 3 is 2.41 bits per heavy atom. The van der Waals surface area contributed by atoms with Crippen molar-refractivity contribution in [1.29, 1.82) is 0 Å². The van der Waals surface area contributed by atoms with Crippen LogP contribution in [-0.4, -0.2) is 39.7 Å². The fourth-order valence-electron chi connectivity index (χ4n) is 2.58. The standard InChI is InChI=1S/C19H22N2O3S2.ClH/c1-2-26(23,24)16-9-7-15(8-10-16)25-18-6-4-3-5-17(18)19(22)21-13-14-11-20-12-14;/h3-10,14,20H,2,11-13H2,1H3,(H,21,22);1H. The molecule has 0 aromatic heterocycles. The molecule has 1 aliphatic rings. The SMILES string of the molecule is CCS(=O)(=O)c1ccc(Sc2ccccc2C(=O)NCC2CNC2)cc1.Cl. The Morgan fingerprint density at radius 2 is 1.81 bits per heavy atom. The largest absolute Gasteiger partial charge is 0.352 e. The van der Waals surface area contributed by atoms with E-state index in [0.717, 1.165) is 22.9 Å². The van der Waals surface area contributed by atoms with Crippen LogP contribution < -0.4 is 10.6 Å². The second kappa shape index (κ2) is 9.59. The Morgan fingerprint density at radius 1 is 1.15 bits per heavy atom. The van der Waals surface area contributed by atoms with E-state index < -0.39 is 9.84 Å². The fraction of sp³-hybridized carbons (Fsp3) is 0.316. The first-order valence-electron chi connectivity index (χ1n) is 8.58. The van der Waals surface area contributed by atoms with Gasteiger partial charge in [-0.3, -0.25) is 4.79 Å². The highest BCUT2D eigenvalue weighted by molar-refractivity contribution is 7.99. The minimum Gasteiger partial charge on any atom is -0.352 e. The van der Waals surface area contributed by atoms with Crippen LogP contribution in [0.3, 0.4) is 0 Å². The predicted octanol–water partition coefficient (Wildman–Crippen LogP) is 3.00. The van der Waals surface area contributed by atoms with Gasteiger partial charge in [0, 0.05) is 35.3 Å². The molecule has 0 aliphatic carbocycles. The van der Waals surface area contributed by atoms with Gasteiger partial charge in [0.15, 0.2) is 9.84 Å². The van der Waals surface area contributed by atoms with E-state index in [1.807, 2.05) is 24.3 Å². The minimum absolute atomic E-state index is 0. The first-order chi connectivity index (χ1) is 12.5. The number of hydrogen-bond donors (Lipinski definition) is 2. The summed E-state index contributed by atoms with van der Waals surface area (Å²) in [6.45, 7) is 4.20. The van der Waals surface area contributed by atoms with Gasteiger partial charge < -0.3 is 10.6 Å². The Kier molecular flexibility index (Phi) is 7.73. The third kappa shape index (κ3) is 5.48. The van der Waals surface area contributed by atoms with Crippen LogP contribution in [0.15, 0.2) is 63.2 Å². The molecule has 2 N–H and O–H groups in total. The summed E-state index contributed by atoms with van der Waals surface area (Å²) in [5.74, 6) is 0.510. The van der Waals surface area contributed by atoms with Crippen molar-refractivity contribution in [3.8, 4) is 0 Å². The van der Waals surface area contributed by atoms with E-state index in [2.05, 4.69) is 10.6 Å². The number of carbonyl (C=O) groups excluding carboxylic acids is 1. The number of amides is 1. The molecule has 0 saturated carbocycles. The lowest BCUT2D eigenvalue weighted by molar-refractivity contribution is 0.0939. The number of sulfone groups is 1. The monoisotopic (exact) mass is 426 g/mol. The van der Waals surface area contributed by atoms with Gasteiger partial charge in [0.2, 0.25) is 0 Å². The van der Waals surface area contributed by atoms with Gasteiger partial charge >= 0.3 is 0 Å². The maximum atomic E-state index is 12.5. The van der Waals surface area contributed by atoms with Crippen LogP contribution in [0.5, 0.6) is 0 Å². The van der Waals surface area contributed by atoms with E-state index in [1.165, 1.54) is 11.8 Å². The van der Waals surface area contributed by atoms with Crippen LogP contribution >= 0.6 is 24.2 Å². The molecule has 1 amide bonds. The van der Waals surface area contributed by atoms with Gasteiger partial charge in [0.1, 0.15) is 0 Å². The number of halogens is 1. The molecule has 5 nitrogen and oxygen atoms in total. The molecule has 27 heavy (non-hydrogen) atoms. The molecule has 2 aromatic rings. The molecule has 0 radical (unpaired) electrons. The normalized spacial score (nSPS) is 14.1. The lowest BCUT2D eigenvalue weighted by Crippen LogP contribution is -2.48. The lowest BCUT2D eigenvalue weighted by atomic mass is 10.0. The van der Waals surface area contributed by atoms with E-state index in [1.54, 1.807) is 31.2 Å². The average molecular weight is 427 g/mol. The van der Waals surface area contributed by atoms with Gasteiger partial charge in [-0.15, -0.1) is 12.4 Å². The van der Waals surface area contributed by atoms with E-state index in [4.69, 9.17) is 0 Å². The average Bonchev–Trinajstić information content (AvgIpc) is 2.61. The smallest absolute Gasteiger partial charge is 0.252 e. The summed E-state index contributed by atoms with van der Waals surface area (Å²) in [6, 6.07) is 14.3. The van der Waals surface area contributed by atoms with Crippen molar-refractivity contribution in [2.24, 2.45) is 5.92 Å². The summed E-state index contributed by atoms with van der Waals surface area (Å²) >= 11 is 1.46. The predicted molar refractivity (Wildman–Crippen MR) is 111 cm³/mol. The minimum atomic E-state index is -3.20. The summed E-state index contributed by atoms with van der Waals surface area (Å²) in [5, 5.41) is 6.18. The molecule has 2 aromatic carbocycles. The van der Waals surface area contributed by atoms with Crippen LogP contribution in [0.2, 0.25) is 0 Å². The molecule has 0 unspecified atom stereocenters. The van der Waals surface area contributed by atoms with Crippen LogP contribution in [0.25, 0.3) is 0 Å². The van der Waals surface area contributed by atoms with Crippen molar-refractivity contribution >= 4 is 39.9 Å². The van der Waals surface area contributed by atoms with Gasteiger partial charge in [0.05, 0.1) is 16.2 Å². The molecule has 1 aliphatic heterocycles. The van der Waals surface area contributed by atoms with Crippen molar-refractivity contribution in [2.75, 3.05) is 25.4 Å². The highest BCUT2D eigenvalue weighted by Crippen LogP contribution is 2.31. The highest BCUT2D eigenvalue weighted by Gasteiger charge is 2.19. The Bertz CT molecular complexity index is 882. The van der Waals surface area contributed by atoms with Crippen molar-refractivity contribution < 1.29 is 13.2 Å². The Hall–Kier alpha value is -1.54. The van der Waals surface area contributed by atoms with Gasteiger partial charge in [-0.25, -0.2) is 8.42 Å². The molecule has 0 spiro atoms. The number of hydrogen-bond acceptors (Lipinski definition) is 5. The summed E-state index contributed by atoms with van der Waals surface area (Å²) in [5.41, 5.74) is 0.634. The third-order valence-corrected chi connectivity index (χ3v) is 7.17. The van der Waals surface area contributed by atoms with Crippen LogP contribution in [-0.2, 0) is 9.84 Å². The second-order valence-corrected chi connectivity index (χ2v) is 9.60. The quantitative estimate of drug-likeness (QED) is 0.711.